The Hall–Kier alpha value is -1.85. The van der Waals surface area contributed by atoms with E-state index in [1.54, 1.807) is 5.01 Å². The Labute approximate surface area is 165 Å². The number of hydrogen-bond donors (Lipinski definition) is 2. The molecule has 0 aromatic heterocycles. The molecular formula is C16H24ClN3O6S. The monoisotopic (exact) mass is 421 g/mol. The first-order chi connectivity index (χ1) is 12.3. The Morgan fingerprint density at radius 2 is 1.81 bits per heavy atom. The lowest BCUT2D eigenvalue weighted by atomic mass is 10.2. The second-order valence-electron chi connectivity index (χ2n) is 5.81. The third-order valence-electron chi connectivity index (χ3n) is 3.93. The lowest BCUT2D eigenvalue weighted by Crippen LogP contribution is -2.52. The van der Waals surface area contributed by atoms with Crippen LogP contribution >= 0.6 is 12.4 Å². The molecule has 1 heterocycles. The van der Waals surface area contributed by atoms with Crippen molar-refractivity contribution in [3.05, 3.63) is 23.8 Å². The van der Waals surface area contributed by atoms with Crippen molar-refractivity contribution in [2.45, 2.75) is 4.90 Å². The molecule has 0 unspecified atom stereocenters. The molecule has 2 rings (SSSR count). The van der Waals surface area contributed by atoms with Gasteiger partial charge in [-0.1, -0.05) is 0 Å². The minimum atomic E-state index is -3.94. The maximum Gasteiger partial charge on any atom is 0.328 e. The Bertz CT molecular complexity index is 792. The molecule has 1 aliphatic rings. The quantitative estimate of drug-likeness (QED) is 0.618. The van der Waals surface area contributed by atoms with Crippen LogP contribution in [0.1, 0.15) is 5.56 Å². The van der Waals surface area contributed by atoms with Gasteiger partial charge in [-0.2, -0.15) is 0 Å². The van der Waals surface area contributed by atoms with E-state index in [2.05, 4.69) is 9.73 Å². The largest absolute Gasteiger partial charge is 0.493 e. The fourth-order valence-electron chi connectivity index (χ4n) is 2.53. The van der Waals surface area contributed by atoms with E-state index in [1.807, 2.05) is 7.05 Å². The number of nitrogens with one attached hydrogen (secondary N) is 1. The summed E-state index contributed by atoms with van der Waals surface area (Å²) >= 11 is 0. The van der Waals surface area contributed by atoms with Crippen molar-refractivity contribution in [1.29, 1.82) is 0 Å². The molecule has 152 valence electrons. The van der Waals surface area contributed by atoms with Crippen molar-refractivity contribution < 1.29 is 27.8 Å². The summed E-state index contributed by atoms with van der Waals surface area (Å²) in [4.78, 5) is 15.3. The molecule has 1 aliphatic heterocycles. The maximum atomic E-state index is 12.9. The Kier molecular flexibility index (Phi) is 8.51. The van der Waals surface area contributed by atoms with Gasteiger partial charge in [0.15, 0.2) is 11.5 Å². The van der Waals surface area contributed by atoms with E-state index >= 15 is 0 Å². The fraction of sp³-hybridized carbons (Fsp3) is 0.438. The molecule has 9 nitrogen and oxygen atoms in total. The van der Waals surface area contributed by atoms with E-state index in [9.17, 15) is 13.2 Å². The molecule has 1 aromatic rings. The molecular weight excluding hydrogens is 398 g/mol. The first-order valence-electron chi connectivity index (χ1n) is 7.90. The second-order valence-corrected chi connectivity index (χ2v) is 7.44. The minimum absolute atomic E-state index is 0. The normalized spacial score (nSPS) is 16.1. The number of sulfonamides is 1. The summed E-state index contributed by atoms with van der Waals surface area (Å²) in [5, 5.41) is 10.4. The van der Waals surface area contributed by atoms with Crippen molar-refractivity contribution in [2.24, 2.45) is 0 Å². The molecule has 0 saturated carbocycles. The highest BCUT2D eigenvalue weighted by molar-refractivity contribution is 7.89. The van der Waals surface area contributed by atoms with E-state index in [0.717, 1.165) is 19.2 Å². The zero-order valence-corrected chi connectivity index (χ0v) is 17.0. The first kappa shape index (κ1) is 23.2. The van der Waals surface area contributed by atoms with Crippen LogP contribution < -0.4 is 14.3 Å². The molecule has 11 heteroatoms. The van der Waals surface area contributed by atoms with Gasteiger partial charge in [0.2, 0.25) is 0 Å². The molecule has 0 spiro atoms. The zero-order valence-electron chi connectivity index (χ0n) is 15.3. The zero-order chi connectivity index (χ0) is 19.3. The molecule has 0 bridgehead atoms. The van der Waals surface area contributed by atoms with E-state index in [0.29, 0.717) is 18.7 Å². The second kappa shape index (κ2) is 9.90. The van der Waals surface area contributed by atoms with Crippen LogP contribution in [0.5, 0.6) is 11.5 Å². The molecule has 1 saturated heterocycles. The van der Waals surface area contributed by atoms with E-state index in [1.165, 1.54) is 32.4 Å². The summed E-state index contributed by atoms with van der Waals surface area (Å²) in [6, 6.07) is 2.85. The molecule has 2 N–H and O–H groups in total. The molecule has 0 aliphatic carbocycles. The Morgan fingerprint density at radius 1 is 1.19 bits per heavy atom. The number of hydrogen-bond acceptors (Lipinski definition) is 7. The number of halogens is 1. The molecule has 0 amide bonds. The number of aliphatic carboxylic acids is 1. The number of carbonyl (C=O) groups is 1. The number of rotatable bonds is 7. The lowest BCUT2D eigenvalue weighted by Gasteiger charge is -2.32. The van der Waals surface area contributed by atoms with Crippen LogP contribution in [0.15, 0.2) is 23.1 Å². The van der Waals surface area contributed by atoms with Gasteiger partial charge in [-0.15, -0.1) is 17.2 Å². The van der Waals surface area contributed by atoms with E-state index in [4.69, 9.17) is 14.6 Å². The third-order valence-corrected chi connectivity index (χ3v) is 5.31. The summed E-state index contributed by atoms with van der Waals surface area (Å²) < 4.78 is 36.2. The Morgan fingerprint density at radius 3 is 2.33 bits per heavy atom. The van der Waals surface area contributed by atoms with Crippen LogP contribution in [-0.4, -0.2) is 76.8 Å². The molecule has 1 aromatic carbocycles. The van der Waals surface area contributed by atoms with Crippen LogP contribution in [0.2, 0.25) is 0 Å². The third kappa shape index (κ3) is 6.08. The number of methoxy groups -OCH3 is 2. The van der Waals surface area contributed by atoms with Gasteiger partial charge in [-0.3, -0.25) is 0 Å². The van der Waals surface area contributed by atoms with Gasteiger partial charge in [0.1, 0.15) is 4.90 Å². The predicted molar refractivity (Wildman–Crippen MR) is 103 cm³/mol. The van der Waals surface area contributed by atoms with Gasteiger partial charge < -0.3 is 19.5 Å². The predicted octanol–water partition coefficient (Wildman–Crippen LogP) is 0.664. The van der Waals surface area contributed by atoms with Gasteiger partial charge in [0.05, 0.1) is 14.2 Å². The van der Waals surface area contributed by atoms with E-state index in [-0.39, 0.29) is 28.8 Å². The number of benzene rings is 1. The van der Waals surface area contributed by atoms with Gasteiger partial charge >= 0.3 is 5.97 Å². The van der Waals surface area contributed by atoms with Crippen molar-refractivity contribution in [1.82, 2.24) is 14.7 Å². The summed E-state index contributed by atoms with van der Waals surface area (Å²) in [6.07, 6.45) is 2.21. The average Bonchev–Trinajstić information content (AvgIpc) is 2.60. The SMILES string of the molecule is COc1cc(/C=C/C(=O)O)cc(S(=O)(=O)NN2CCN(C)CC2)c1OC.Cl. The maximum absolute atomic E-state index is 12.9. The van der Waals surface area contributed by atoms with Crippen LogP contribution in [0.3, 0.4) is 0 Å². The minimum Gasteiger partial charge on any atom is -0.493 e. The van der Waals surface area contributed by atoms with Crippen LogP contribution in [0.25, 0.3) is 6.08 Å². The fourth-order valence-corrected chi connectivity index (χ4v) is 3.87. The lowest BCUT2D eigenvalue weighted by molar-refractivity contribution is -0.131. The highest BCUT2D eigenvalue weighted by Crippen LogP contribution is 2.36. The summed E-state index contributed by atoms with van der Waals surface area (Å²) in [7, 11) is 0.756. The number of piperazine rings is 1. The molecule has 0 atom stereocenters. The van der Waals surface area contributed by atoms with Crippen molar-refractivity contribution in [2.75, 3.05) is 47.4 Å². The van der Waals surface area contributed by atoms with Crippen molar-refractivity contribution >= 4 is 34.5 Å². The molecule has 1 fully saturated rings. The number of carboxylic acid groups (broad SMARTS) is 1. The summed E-state index contributed by atoms with van der Waals surface area (Å²) in [5.74, 6) is -0.889. The average molecular weight is 422 g/mol. The highest BCUT2D eigenvalue weighted by Gasteiger charge is 2.27. The van der Waals surface area contributed by atoms with Crippen LogP contribution in [0.4, 0.5) is 0 Å². The first-order valence-corrected chi connectivity index (χ1v) is 9.38. The topological polar surface area (TPSA) is 108 Å². The number of ether oxygens (including phenoxy) is 2. The Balaban J connectivity index is 0.00000364. The van der Waals surface area contributed by atoms with Gasteiger partial charge in [-0.25, -0.2) is 18.2 Å². The standard InChI is InChI=1S/C16H23N3O6S.ClH/c1-18-6-8-19(9-7-18)17-26(22,23)14-11-12(4-5-15(20)21)10-13(24-2)16(14)25-3;/h4-5,10-11,17H,6-9H2,1-3H3,(H,20,21);1H/b5-4+;. The molecule has 27 heavy (non-hydrogen) atoms. The molecule has 0 radical (unpaired) electrons. The number of carboxylic acids is 1. The number of nitrogens with zero attached hydrogens (tertiary/aromatic N) is 2. The number of likely N-dealkylation sites (N-methyl/N-ethyl adjacent to an activating group) is 1. The van der Waals surface area contributed by atoms with Gasteiger partial charge in [0, 0.05) is 32.3 Å². The van der Waals surface area contributed by atoms with Crippen LogP contribution in [-0.2, 0) is 14.8 Å². The smallest absolute Gasteiger partial charge is 0.328 e. The van der Waals surface area contributed by atoms with Gasteiger partial charge in [-0.05, 0) is 30.8 Å². The van der Waals surface area contributed by atoms with Crippen LogP contribution in [0, 0.1) is 0 Å². The van der Waals surface area contributed by atoms with Crippen molar-refractivity contribution in [3.8, 4) is 11.5 Å². The highest BCUT2D eigenvalue weighted by atomic mass is 35.5. The summed E-state index contributed by atoms with van der Waals surface area (Å²) in [6.45, 7) is 2.58. The summed E-state index contributed by atoms with van der Waals surface area (Å²) in [5.41, 5.74) is 0.365. The van der Waals surface area contributed by atoms with E-state index < -0.39 is 16.0 Å². The van der Waals surface area contributed by atoms with Gasteiger partial charge in [0.25, 0.3) is 10.0 Å². The van der Waals surface area contributed by atoms with Crippen molar-refractivity contribution in [3.63, 3.8) is 0 Å². The number of hydrazine groups is 1.